The quantitative estimate of drug-likeness (QED) is 0.440. The number of anilines is 3. The van der Waals surface area contributed by atoms with E-state index in [1.165, 1.54) is 0 Å². The summed E-state index contributed by atoms with van der Waals surface area (Å²) >= 11 is 0. The maximum atomic E-state index is 8.72. The first kappa shape index (κ1) is 14.2. The van der Waals surface area contributed by atoms with Gasteiger partial charge in [0.2, 0.25) is 0 Å². The van der Waals surface area contributed by atoms with Crippen molar-refractivity contribution in [3.8, 4) is 0 Å². The van der Waals surface area contributed by atoms with Crippen LogP contribution in [0.15, 0.2) is 54.6 Å². The van der Waals surface area contributed by atoms with Crippen LogP contribution in [0.2, 0.25) is 0 Å². The Morgan fingerprint density at radius 2 is 1.25 bits per heavy atom. The minimum Gasteiger partial charge on any atom is -0.396 e. The first-order valence-electron chi connectivity index (χ1n) is 6.86. The molecule has 4 N–H and O–H groups in total. The second kappa shape index (κ2) is 8.07. The smallest absolute Gasteiger partial charge is 0.0849 e. The van der Waals surface area contributed by atoms with Gasteiger partial charge in [-0.3, -0.25) is 0 Å². The molecule has 0 aliphatic heterocycles. The van der Waals surface area contributed by atoms with Gasteiger partial charge in [-0.15, -0.1) is 0 Å². The van der Waals surface area contributed by atoms with E-state index >= 15 is 0 Å². The van der Waals surface area contributed by atoms with Gasteiger partial charge in [0.05, 0.1) is 6.67 Å². The lowest BCUT2D eigenvalue weighted by molar-refractivity contribution is 0.292. The molecular weight excluding hydrogens is 250 g/mol. The Hall–Kier alpha value is -2.20. The molecule has 4 nitrogen and oxygen atoms in total. The van der Waals surface area contributed by atoms with Crippen LogP contribution in [0, 0.1) is 0 Å². The molecule has 106 valence electrons. The fraction of sp³-hybridized carbons (Fsp3) is 0.250. The maximum Gasteiger partial charge on any atom is 0.0849 e. The number of rotatable bonds is 8. The summed E-state index contributed by atoms with van der Waals surface area (Å²) in [5.74, 6) is 0. The summed E-state index contributed by atoms with van der Waals surface area (Å²) in [6, 6.07) is 18.2. The van der Waals surface area contributed by atoms with Crippen molar-refractivity contribution in [1.82, 2.24) is 0 Å². The third-order valence-corrected chi connectivity index (χ3v) is 2.91. The van der Waals surface area contributed by atoms with Crippen LogP contribution >= 0.6 is 0 Å². The maximum absolute atomic E-state index is 8.72. The van der Waals surface area contributed by atoms with Gasteiger partial charge in [0.1, 0.15) is 0 Å². The predicted octanol–water partition coefficient (Wildman–Crippen LogP) is 2.96. The number of aliphatic hydroxyl groups excluding tert-OH is 1. The summed E-state index contributed by atoms with van der Waals surface area (Å²) in [6.45, 7) is 1.69. The van der Waals surface area contributed by atoms with Crippen LogP contribution in [0.5, 0.6) is 0 Å². The van der Waals surface area contributed by atoms with E-state index in [0.717, 1.165) is 30.0 Å². The molecule has 0 aliphatic rings. The summed E-state index contributed by atoms with van der Waals surface area (Å²) in [5, 5.41) is 18.6. The average molecular weight is 271 g/mol. The van der Waals surface area contributed by atoms with Gasteiger partial charge in [0.25, 0.3) is 0 Å². The summed E-state index contributed by atoms with van der Waals surface area (Å²) in [7, 11) is 0. The van der Waals surface area contributed by atoms with E-state index < -0.39 is 0 Å². The van der Waals surface area contributed by atoms with Crippen molar-refractivity contribution in [1.29, 1.82) is 0 Å². The van der Waals surface area contributed by atoms with Crippen LogP contribution in [0.4, 0.5) is 17.1 Å². The van der Waals surface area contributed by atoms with Gasteiger partial charge >= 0.3 is 0 Å². The van der Waals surface area contributed by atoms with Gasteiger partial charge < -0.3 is 21.1 Å². The monoisotopic (exact) mass is 271 g/mol. The molecule has 0 spiro atoms. The Morgan fingerprint density at radius 1 is 0.700 bits per heavy atom. The van der Waals surface area contributed by atoms with Crippen molar-refractivity contribution in [2.75, 3.05) is 35.8 Å². The summed E-state index contributed by atoms with van der Waals surface area (Å²) in [4.78, 5) is 0. The average Bonchev–Trinajstić information content (AvgIpc) is 2.50. The van der Waals surface area contributed by atoms with Gasteiger partial charge in [0, 0.05) is 30.2 Å². The van der Waals surface area contributed by atoms with Crippen LogP contribution in [-0.2, 0) is 0 Å². The van der Waals surface area contributed by atoms with Crippen molar-refractivity contribution >= 4 is 17.1 Å². The molecule has 20 heavy (non-hydrogen) atoms. The highest BCUT2D eigenvalue weighted by Gasteiger charge is 1.94. The highest BCUT2D eigenvalue weighted by atomic mass is 16.3. The molecule has 0 unspecified atom stereocenters. The molecule has 0 radical (unpaired) electrons. The van der Waals surface area contributed by atoms with Gasteiger partial charge in [-0.2, -0.15) is 0 Å². The second-order valence-electron chi connectivity index (χ2n) is 4.48. The van der Waals surface area contributed by atoms with E-state index in [9.17, 15) is 0 Å². The van der Waals surface area contributed by atoms with Crippen LogP contribution in [0.3, 0.4) is 0 Å². The molecule has 4 heteroatoms. The molecule has 2 aromatic rings. The summed E-state index contributed by atoms with van der Waals surface area (Å²) < 4.78 is 0. The zero-order valence-corrected chi connectivity index (χ0v) is 11.5. The molecule has 2 rings (SSSR count). The highest BCUT2D eigenvalue weighted by molar-refractivity contribution is 5.54. The molecule has 0 bridgehead atoms. The van der Waals surface area contributed by atoms with Crippen molar-refractivity contribution in [2.24, 2.45) is 0 Å². The summed E-state index contributed by atoms with van der Waals surface area (Å²) in [6.07, 6.45) is 0.765. The predicted molar refractivity (Wildman–Crippen MR) is 85.2 cm³/mol. The van der Waals surface area contributed by atoms with Gasteiger partial charge in [0.15, 0.2) is 0 Å². The zero-order chi connectivity index (χ0) is 14.0. The zero-order valence-electron chi connectivity index (χ0n) is 11.5. The van der Waals surface area contributed by atoms with Gasteiger partial charge in [-0.1, -0.05) is 18.2 Å². The van der Waals surface area contributed by atoms with E-state index in [0.29, 0.717) is 6.67 Å². The Morgan fingerprint density at radius 3 is 1.85 bits per heavy atom. The van der Waals surface area contributed by atoms with Crippen LogP contribution < -0.4 is 16.0 Å². The van der Waals surface area contributed by atoms with Crippen molar-refractivity contribution in [2.45, 2.75) is 6.42 Å². The van der Waals surface area contributed by atoms with Crippen molar-refractivity contribution < 1.29 is 5.11 Å². The number of para-hydroxylation sites is 1. The molecule has 0 heterocycles. The molecule has 0 aliphatic carbocycles. The van der Waals surface area contributed by atoms with Crippen LogP contribution in [-0.4, -0.2) is 24.9 Å². The number of nitrogens with one attached hydrogen (secondary N) is 3. The lowest BCUT2D eigenvalue weighted by atomic mass is 10.2. The Kier molecular flexibility index (Phi) is 5.73. The van der Waals surface area contributed by atoms with Crippen LogP contribution in [0.25, 0.3) is 0 Å². The van der Waals surface area contributed by atoms with Gasteiger partial charge in [-0.05, 0) is 42.8 Å². The molecular formula is C16H21N3O. The highest BCUT2D eigenvalue weighted by Crippen LogP contribution is 2.13. The standard InChI is InChI=1S/C16H21N3O/c20-12-4-11-17-15-7-9-16(10-8-15)19-13-18-14-5-2-1-3-6-14/h1-3,5-10,17-20H,4,11-13H2. The van der Waals surface area contributed by atoms with E-state index in [2.05, 4.69) is 16.0 Å². The third kappa shape index (κ3) is 4.82. The number of hydrogen-bond donors (Lipinski definition) is 4. The van der Waals surface area contributed by atoms with E-state index in [1.54, 1.807) is 0 Å². The number of benzene rings is 2. The minimum atomic E-state index is 0.220. The SMILES string of the molecule is OCCCNc1ccc(NCNc2ccccc2)cc1. The molecule has 0 amide bonds. The normalized spacial score (nSPS) is 10.1. The van der Waals surface area contributed by atoms with Crippen molar-refractivity contribution in [3.63, 3.8) is 0 Å². The number of aliphatic hydroxyl groups is 1. The lowest BCUT2D eigenvalue weighted by Gasteiger charge is -2.10. The molecule has 0 aromatic heterocycles. The second-order valence-corrected chi connectivity index (χ2v) is 4.48. The van der Waals surface area contributed by atoms with E-state index in [4.69, 9.17) is 5.11 Å². The molecule has 2 aromatic carbocycles. The van der Waals surface area contributed by atoms with E-state index in [-0.39, 0.29) is 6.61 Å². The van der Waals surface area contributed by atoms with Gasteiger partial charge in [-0.25, -0.2) is 0 Å². The first-order valence-corrected chi connectivity index (χ1v) is 6.86. The summed E-state index contributed by atoms with van der Waals surface area (Å²) in [5.41, 5.74) is 3.24. The third-order valence-electron chi connectivity index (χ3n) is 2.91. The molecule has 0 fully saturated rings. The Balaban J connectivity index is 1.73. The fourth-order valence-corrected chi connectivity index (χ4v) is 1.82. The Bertz CT molecular complexity index is 485. The Labute approximate surface area is 119 Å². The number of hydrogen-bond acceptors (Lipinski definition) is 4. The van der Waals surface area contributed by atoms with Crippen molar-refractivity contribution in [3.05, 3.63) is 54.6 Å². The molecule has 0 saturated heterocycles. The van der Waals surface area contributed by atoms with Crippen LogP contribution in [0.1, 0.15) is 6.42 Å². The lowest BCUT2D eigenvalue weighted by Crippen LogP contribution is -2.11. The first-order chi connectivity index (χ1) is 9.88. The topological polar surface area (TPSA) is 56.3 Å². The largest absolute Gasteiger partial charge is 0.396 e. The fourth-order valence-electron chi connectivity index (χ4n) is 1.82. The molecule has 0 atom stereocenters. The molecule has 0 saturated carbocycles. The minimum absolute atomic E-state index is 0.220. The van der Waals surface area contributed by atoms with E-state index in [1.807, 2.05) is 54.6 Å².